The number of rotatable bonds is 4. The third-order valence-corrected chi connectivity index (χ3v) is 3.18. The van der Waals surface area contributed by atoms with Gasteiger partial charge >= 0.3 is 11.9 Å². The van der Waals surface area contributed by atoms with Crippen LogP contribution in [0.2, 0.25) is 0 Å². The van der Waals surface area contributed by atoms with Crippen LogP contribution in [0.25, 0.3) is 0 Å². The van der Waals surface area contributed by atoms with E-state index in [0.29, 0.717) is 0 Å². The van der Waals surface area contributed by atoms with Gasteiger partial charge in [-0.1, -0.05) is 6.07 Å². The number of carbonyl (C=O) groups excluding carboxylic acids is 3. The molecule has 0 heterocycles. The number of hydrogen-bond donors (Lipinski definition) is 1. The molecule has 0 unspecified atom stereocenters. The summed E-state index contributed by atoms with van der Waals surface area (Å²) in [5.41, 5.74) is -0.679. The quantitative estimate of drug-likeness (QED) is 0.667. The van der Waals surface area contributed by atoms with Gasteiger partial charge < -0.3 is 14.8 Å². The second-order valence-corrected chi connectivity index (χ2v) is 7.97. The minimum absolute atomic E-state index is 0.153. The summed E-state index contributed by atoms with van der Waals surface area (Å²) in [5.74, 6) is -0.728. The molecular weight excluding hydrogens is 322 g/mol. The lowest BCUT2D eigenvalue weighted by Crippen LogP contribution is -2.28. The van der Waals surface area contributed by atoms with Gasteiger partial charge in [-0.05, 0) is 59.2 Å². The number of ether oxygens (including phenoxy) is 2. The molecule has 0 aromatic heterocycles. The van der Waals surface area contributed by atoms with Crippen LogP contribution in [0.1, 0.15) is 54.0 Å². The van der Waals surface area contributed by atoms with Gasteiger partial charge in [0.25, 0.3) is 0 Å². The van der Waals surface area contributed by atoms with Crippen molar-refractivity contribution in [2.24, 2.45) is 10.8 Å². The Morgan fingerprint density at radius 1 is 0.880 bits per heavy atom. The summed E-state index contributed by atoms with van der Waals surface area (Å²) in [6.07, 6.45) is 0. The Balaban J connectivity index is 3.15. The number of carbonyl (C=O) groups is 3. The summed E-state index contributed by atoms with van der Waals surface area (Å²) in [5, 5.41) is 2.67. The van der Waals surface area contributed by atoms with Crippen molar-refractivity contribution < 1.29 is 23.9 Å². The molecule has 0 saturated heterocycles. The Labute approximate surface area is 148 Å². The molecule has 1 N–H and O–H groups in total. The average molecular weight is 349 g/mol. The van der Waals surface area contributed by atoms with Crippen LogP contribution >= 0.6 is 0 Å². The lowest BCUT2D eigenvalue weighted by molar-refractivity contribution is -0.145. The molecule has 1 aromatic rings. The third-order valence-electron chi connectivity index (χ3n) is 3.18. The van der Waals surface area contributed by atoms with Crippen LogP contribution in [-0.2, 0) is 20.9 Å². The van der Waals surface area contributed by atoms with Gasteiger partial charge in [0, 0.05) is 13.5 Å². The maximum atomic E-state index is 12.2. The molecule has 0 aliphatic rings. The molecule has 0 fully saturated rings. The Morgan fingerprint density at radius 3 is 1.80 bits per heavy atom. The molecule has 0 aliphatic carbocycles. The zero-order valence-electron chi connectivity index (χ0n) is 16.0. The van der Waals surface area contributed by atoms with Crippen LogP contribution in [0.15, 0.2) is 18.2 Å². The van der Waals surface area contributed by atoms with Gasteiger partial charge in [-0.25, -0.2) is 0 Å². The Hall–Kier alpha value is -2.37. The summed E-state index contributed by atoms with van der Waals surface area (Å²) in [7, 11) is 0. The van der Waals surface area contributed by atoms with Crippen molar-refractivity contribution in [3.05, 3.63) is 23.8 Å². The van der Waals surface area contributed by atoms with Crippen molar-refractivity contribution >= 4 is 17.8 Å². The topological polar surface area (TPSA) is 81.7 Å². The molecule has 138 valence electrons. The molecule has 0 spiro atoms. The Bertz CT molecular complexity index is 665. The van der Waals surface area contributed by atoms with Gasteiger partial charge in [-0.2, -0.15) is 0 Å². The highest BCUT2D eigenvalue weighted by Crippen LogP contribution is 2.32. The first-order chi connectivity index (χ1) is 11.3. The Kier molecular flexibility index (Phi) is 6.35. The molecule has 0 saturated carbocycles. The number of amides is 1. The van der Waals surface area contributed by atoms with Gasteiger partial charge in [0.2, 0.25) is 5.91 Å². The molecule has 0 aliphatic heterocycles. The zero-order chi connectivity index (χ0) is 19.4. The minimum Gasteiger partial charge on any atom is -0.422 e. The summed E-state index contributed by atoms with van der Waals surface area (Å²) < 4.78 is 10.8. The molecule has 25 heavy (non-hydrogen) atoms. The Morgan fingerprint density at radius 2 is 1.36 bits per heavy atom. The SMILES string of the molecule is CC(=O)NCc1ccc(OC(=O)C(C)(C)C)c(OC(=O)C(C)(C)C)c1. The van der Waals surface area contributed by atoms with E-state index in [4.69, 9.17) is 9.47 Å². The first kappa shape index (κ1) is 20.7. The molecule has 0 bridgehead atoms. The summed E-state index contributed by atoms with van der Waals surface area (Å²) in [6, 6.07) is 4.85. The fourth-order valence-electron chi connectivity index (χ4n) is 1.56. The molecule has 0 atom stereocenters. The van der Waals surface area contributed by atoms with Crippen LogP contribution in [0, 0.1) is 10.8 Å². The van der Waals surface area contributed by atoms with Gasteiger partial charge in [-0.15, -0.1) is 0 Å². The second-order valence-electron chi connectivity index (χ2n) is 7.97. The van der Waals surface area contributed by atoms with E-state index < -0.39 is 22.8 Å². The number of esters is 2. The van der Waals surface area contributed by atoms with Crippen molar-refractivity contribution in [2.45, 2.75) is 55.0 Å². The van der Waals surface area contributed by atoms with E-state index in [9.17, 15) is 14.4 Å². The van der Waals surface area contributed by atoms with Crippen molar-refractivity contribution in [1.82, 2.24) is 5.32 Å². The van der Waals surface area contributed by atoms with Crippen LogP contribution in [0.4, 0.5) is 0 Å². The van der Waals surface area contributed by atoms with Gasteiger partial charge in [-0.3, -0.25) is 14.4 Å². The maximum Gasteiger partial charge on any atom is 0.316 e. The minimum atomic E-state index is -0.709. The average Bonchev–Trinajstić information content (AvgIpc) is 2.45. The second kappa shape index (κ2) is 7.68. The lowest BCUT2D eigenvalue weighted by Gasteiger charge is -2.20. The van der Waals surface area contributed by atoms with Crippen LogP contribution in [0.5, 0.6) is 11.5 Å². The van der Waals surface area contributed by atoms with Crippen molar-refractivity contribution in [2.75, 3.05) is 0 Å². The first-order valence-corrected chi connectivity index (χ1v) is 8.12. The monoisotopic (exact) mass is 349 g/mol. The predicted octanol–water partition coefficient (Wildman–Crippen LogP) is 3.23. The highest BCUT2D eigenvalue weighted by molar-refractivity contribution is 5.81. The van der Waals surface area contributed by atoms with Crippen LogP contribution in [-0.4, -0.2) is 17.8 Å². The van der Waals surface area contributed by atoms with Crippen LogP contribution < -0.4 is 14.8 Å². The molecule has 0 radical (unpaired) electrons. The smallest absolute Gasteiger partial charge is 0.316 e. The standard InChI is InChI=1S/C19H27NO5/c1-12(21)20-11-13-8-9-14(24-16(22)18(2,3)4)15(10-13)25-17(23)19(5,6)7/h8-10H,11H2,1-7H3,(H,20,21). The van der Waals surface area contributed by atoms with E-state index in [1.807, 2.05) is 0 Å². The maximum absolute atomic E-state index is 12.2. The van der Waals surface area contributed by atoms with E-state index in [1.54, 1.807) is 59.7 Å². The fourth-order valence-corrected chi connectivity index (χ4v) is 1.56. The van der Waals surface area contributed by atoms with E-state index in [1.165, 1.54) is 6.92 Å². The normalized spacial score (nSPS) is 11.6. The van der Waals surface area contributed by atoms with E-state index in [0.717, 1.165) is 5.56 Å². The van der Waals surface area contributed by atoms with Crippen LogP contribution in [0.3, 0.4) is 0 Å². The van der Waals surface area contributed by atoms with Gasteiger partial charge in [0.05, 0.1) is 10.8 Å². The number of hydrogen-bond acceptors (Lipinski definition) is 5. The van der Waals surface area contributed by atoms with E-state index in [2.05, 4.69) is 5.32 Å². The van der Waals surface area contributed by atoms with E-state index >= 15 is 0 Å². The largest absolute Gasteiger partial charge is 0.422 e. The lowest BCUT2D eigenvalue weighted by atomic mass is 9.97. The molecule has 6 nitrogen and oxygen atoms in total. The molecule has 1 rings (SSSR count). The number of nitrogens with one attached hydrogen (secondary N) is 1. The zero-order valence-corrected chi connectivity index (χ0v) is 16.0. The van der Waals surface area contributed by atoms with Crippen molar-refractivity contribution in [3.8, 4) is 11.5 Å². The molecule has 1 amide bonds. The summed E-state index contributed by atoms with van der Waals surface area (Å²) in [4.78, 5) is 35.4. The predicted molar refractivity (Wildman–Crippen MR) is 94.1 cm³/mol. The summed E-state index contributed by atoms with van der Waals surface area (Å²) >= 11 is 0. The third kappa shape index (κ3) is 6.57. The molecule has 6 heteroatoms. The van der Waals surface area contributed by atoms with E-state index in [-0.39, 0.29) is 24.0 Å². The highest BCUT2D eigenvalue weighted by Gasteiger charge is 2.28. The van der Waals surface area contributed by atoms with Crippen molar-refractivity contribution in [1.29, 1.82) is 0 Å². The number of benzene rings is 1. The summed E-state index contributed by atoms with van der Waals surface area (Å²) in [6.45, 7) is 12.1. The fraction of sp³-hybridized carbons (Fsp3) is 0.526. The first-order valence-electron chi connectivity index (χ1n) is 8.12. The highest BCUT2D eigenvalue weighted by atomic mass is 16.6. The molecule has 1 aromatic carbocycles. The van der Waals surface area contributed by atoms with Gasteiger partial charge in [0.1, 0.15) is 0 Å². The van der Waals surface area contributed by atoms with Crippen molar-refractivity contribution in [3.63, 3.8) is 0 Å². The van der Waals surface area contributed by atoms with Gasteiger partial charge in [0.15, 0.2) is 11.5 Å². The molecular formula is C19H27NO5.